The third-order valence-electron chi connectivity index (χ3n) is 5.49. The van der Waals surface area contributed by atoms with Gasteiger partial charge in [-0.2, -0.15) is 13.2 Å². The predicted molar refractivity (Wildman–Crippen MR) is 122 cm³/mol. The molecule has 12 heteroatoms. The van der Waals surface area contributed by atoms with Crippen molar-refractivity contribution in [2.45, 2.75) is 11.7 Å². The highest BCUT2D eigenvalue weighted by atomic mass is 35.5. The molecule has 0 saturated heterocycles. The van der Waals surface area contributed by atoms with Gasteiger partial charge in [-0.15, -0.1) is 0 Å². The number of carbonyl (C=O) groups is 1. The Kier molecular flexibility index (Phi) is 6.44. The fourth-order valence-corrected chi connectivity index (χ4v) is 4.02. The number of nitrogens with zero attached hydrogens (tertiary/aromatic N) is 1. The summed E-state index contributed by atoms with van der Waals surface area (Å²) in [6, 6.07) is 15.5. The second-order valence-electron chi connectivity index (χ2n) is 7.70. The van der Waals surface area contributed by atoms with Crippen LogP contribution in [0.15, 0.2) is 59.6 Å². The van der Waals surface area contributed by atoms with Crippen LogP contribution in [0.1, 0.15) is 11.1 Å². The molecule has 0 radical (unpaired) electrons. The van der Waals surface area contributed by atoms with Crippen molar-refractivity contribution < 1.29 is 41.7 Å². The van der Waals surface area contributed by atoms with Gasteiger partial charge in [-0.3, -0.25) is 0 Å². The van der Waals surface area contributed by atoms with E-state index >= 15 is 0 Å². The molecule has 0 aromatic heterocycles. The lowest BCUT2D eigenvalue weighted by Gasteiger charge is -2.34. The Labute approximate surface area is 206 Å². The summed E-state index contributed by atoms with van der Waals surface area (Å²) in [5.74, 6) is -1.22. The van der Waals surface area contributed by atoms with Crippen molar-refractivity contribution in [1.29, 1.82) is 0 Å². The fraction of sp³-hybridized carbons (Fsp3) is 0.167. The zero-order valence-electron chi connectivity index (χ0n) is 18.4. The Morgan fingerprint density at radius 3 is 2.33 bits per heavy atom. The number of alkyl halides is 3. The summed E-state index contributed by atoms with van der Waals surface area (Å²) < 4.78 is 63.3. The topological polar surface area (TPSA) is 103 Å². The van der Waals surface area contributed by atoms with Gasteiger partial charge in [0.1, 0.15) is 29.7 Å². The molecular weight excluding hydrogens is 508 g/mol. The Bertz CT molecular complexity index is 1380. The van der Waals surface area contributed by atoms with Gasteiger partial charge in [-0.25, -0.2) is 14.2 Å². The van der Waals surface area contributed by atoms with Gasteiger partial charge in [0, 0.05) is 21.7 Å². The van der Waals surface area contributed by atoms with E-state index in [2.05, 4.69) is 4.99 Å². The van der Waals surface area contributed by atoms with Crippen LogP contribution in [-0.4, -0.2) is 37.0 Å². The van der Waals surface area contributed by atoms with E-state index in [9.17, 15) is 17.6 Å². The number of fused-ring (bicyclic) bond motifs is 4. The Balaban J connectivity index is 0.000000384. The van der Waals surface area contributed by atoms with E-state index in [1.807, 2.05) is 24.3 Å². The zero-order chi connectivity index (χ0) is 26.3. The SMILES string of the molecule is COc1ccc2c(c1)[C@]1(COC(N)=N1)c1cc(-c3cc(Cl)ccc3F)ccc1O2.O=C(O)C(F)(F)F. The second kappa shape index (κ2) is 9.23. The minimum Gasteiger partial charge on any atom is -0.497 e. The summed E-state index contributed by atoms with van der Waals surface area (Å²) in [5.41, 5.74) is 7.53. The third kappa shape index (κ3) is 4.61. The number of aliphatic carboxylic acids is 1. The van der Waals surface area contributed by atoms with Crippen LogP contribution in [0, 0.1) is 5.82 Å². The van der Waals surface area contributed by atoms with Gasteiger partial charge in [-0.05, 0) is 54.1 Å². The largest absolute Gasteiger partial charge is 0.497 e. The summed E-state index contributed by atoms with van der Waals surface area (Å²) in [6.07, 6.45) is -5.08. The lowest BCUT2D eigenvalue weighted by molar-refractivity contribution is -0.192. The summed E-state index contributed by atoms with van der Waals surface area (Å²) >= 11 is 6.09. The van der Waals surface area contributed by atoms with E-state index in [0.717, 1.165) is 11.1 Å². The van der Waals surface area contributed by atoms with Crippen molar-refractivity contribution in [3.8, 4) is 28.4 Å². The summed E-state index contributed by atoms with van der Waals surface area (Å²) in [5, 5.41) is 7.58. The van der Waals surface area contributed by atoms with Gasteiger partial charge in [-0.1, -0.05) is 17.7 Å². The molecule has 188 valence electrons. The first-order valence-corrected chi connectivity index (χ1v) is 10.6. The highest BCUT2D eigenvalue weighted by Gasteiger charge is 2.47. The van der Waals surface area contributed by atoms with E-state index in [1.165, 1.54) is 12.1 Å². The fourth-order valence-electron chi connectivity index (χ4n) is 3.85. The van der Waals surface area contributed by atoms with Crippen molar-refractivity contribution >= 4 is 23.6 Å². The molecule has 0 bridgehead atoms. The summed E-state index contributed by atoms with van der Waals surface area (Å²) in [6.45, 7) is 0.205. The number of hydrogen-bond acceptors (Lipinski definition) is 6. The molecule has 5 rings (SSSR count). The van der Waals surface area contributed by atoms with Gasteiger partial charge in [0.05, 0.1) is 7.11 Å². The number of rotatable bonds is 2. The normalized spacial score (nSPS) is 17.6. The second-order valence-corrected chi connectivity index (χ2v) is 8.14. The number of amidine groups is 1. The van der Waals surface area contributed by atoms with Crippen LogP contribution >= 0.6 is 11.6 Å². The molecule has 36 heavy (non-hydrogen) atoms. The summed E-state index contributed by atoms with van der Waals surface area (Å²) in [4.78, 5) is 13.5. The standard InChI is InChI=1S/C22H16ClFN2O3.C2HF3O2/c1-27-14-4-7-20-17(10-14)22(11-28-21(25)26-22)16-8-12(2-6-19(16)29-20)15-9-13(23)3-5-18(15)24;3-2(4,5)1(6)7/h2-10H,11H2,1H3,(H2,25,26);(H,6,7)/t22-;/m0./s1. The van der Waals surface area contributed by atoms with Crippen LogP contribution in [0.5, 0.6) is 17.2 Å². The molecule has 0 amide bonds. The van der Waals surface area contributed by atoms with Crippen molar-refractivity contribution in [2.24, 2.45) is 10.7 Å². The molecule has 1 atom stereocenters. The zero-order valence-corrected chi connectivity index (χ0v) is 19.2. The van der Waals surface area contributed by atoms with Crippen LogP contribution in [0.4, 0.5) is 17.6 Å². The van der Waals surface area contributed by atoms with Crippen molar-refractivity contribution in [3.05, 3.63) is 76.6 Å². The number of carboxylic acid groups (broad SMARTS) is 1. The molecule has 7 nitrogen and oxygen atoms in total. The van der Waals surface area contributed by atoms with Gasteiger partial charge < -0.3 is 25.1 Å². The van der Waals surface area contributed by atoms with Gasteiger partial charge in [0.25, 0.3) is 6.02 Å². The molecule has 3 aromatic rings. The predicted octanol–water partition coefficient (Wildman–Crippen LogP) is 5.48. The maximum atomic E-state index is 14.5. The maximum absolute atomic E-state index is 14.5. The van der Waals surface area contributed by atoms with Gasteiger partial charge in [0.2, 0.25) is 0 Å². The molecule has 0 unspecified atom stereocenters. The minimum atomic E-state index is -5.08. The molecule has 3 aromatic carbocycles. The van der Waals surface area contributed by atoms with E-state index in [1.54, 1.807) is 25.3 Å². The average molecular weight is 525 g/mol. The smallest absolute Gasteiger partial charge is 0.490 e. The van der Waals surface area contributed by atoms with Crippen LogP contribution in [0.25, 0.3) is 11.1 Å². The van der Waals surface area contributed by atoms with E-state index in [4.69, 9.17) is 41.4 Å². The number of carboxylic acids is 1. The van der Waals surface area contributed by atoms with E-state index < -0.39 is 17.7 Å². The quantitative estimate of drug-likeness (QED) is 0.430. The molecule has 1 spiro atoms. The molecule has 2 heterocycles. The third-order valence-corrected chi connectivity index (χ3v) is 5.72. The van der Waals surface area contributed by atoms with Crippen LogP contribution in [-0.2, 0) is 15.1 Å². The summed E-state index contributed by atoms with van der Waals surface area (Å²) in [7, 11) is 1.59. The first-order chi connectivity index (χ1) is 16.9. The van der Waals surface area contributed by atoms with Crippen molar-refractivity contribution in [2.75, 3.05) is 13.7 Å². The molecule has 2 aliphatic heterocycles. The van der Waals surface area contributed by atoms with Gasteiger partial charge >= 0.3 is 12.1 Å². The monoisotopic (exact) mass is 524 g/mol. The lowest BCUT2D eigenvalue weighted by Crippen LogP contribution is -2.31. The molecular formula is C24H17ClF4N2O5. The maximum Gasteiger partial charge on any atom is 0.490 e. The number of methoxy groups -OCH3 is 1. The highest BCUT2D eigenvalue weighted by molar-refractivity contribution is 6.30. The lowest BCUT2D eigenvalue weighted by atomic mass is 9.80. The number of nitrogens with two attached hydrogens (primary N) is 1. The van der Waals surface area contributed by atoms with Gasteiger partial charge in [0.15, 0.2) is 5.54 Å². The number of benzene rings is 3. The molecule has 0 saturated carbocycles. The molecule has 3 N–H and O–H groups in total. The van der Waals surface area contributed by atoms with Crippen LogP contribution in [0.3, 0.4) is 0 Å². The Hall–Kier alpha value is -3.99. The van der Waals surface area contributed by atoms with Crippen molar-refractivity contribution in [3.63, 3.8) is 0 Å². The first-order valence-electron chi connectivity index (χ1n) is 10.2. The first kappa shape index (κ1) is 25.1. The van der Waals surface area contributed by atoms with Crippen LogP contribution in [0.2, 0.25) is 5.02 Å². The van der Waals surface area contributed by atoms with E-state index in [-0.39, 0.29) is 18.4 Å². The number of halogens is 5. The number of hydrogen-bond donors (Lipinski definition) is 2. The highest BCUT2D eigenvalue weighted by Crippen LogP contribution is 2.52. The van der Waals surface area contributed by atoms with Crippen LogP contribution < -0.4 is 15.2 Å². The molecule has 0 aliphatic carbocycles. The number of ether oxygens (including phenoxy) is 3. The minimum absolute atomic E-state index is 0.0889. The average Bonchev–Trinajstić information content (AvgIpc) is 3.22. The van der Waals surface area contributed by atoms with E-state index in [0.29, 0.717) is 33.4 Å². The van der Waals surface area contributed by atoms with Crippen molar-refractivity contribution in [1.82, 2.24) is 0 Å². The molecule has 2 aliphatic rings. The molecule has 0 fully saturated rings. The Morgan fingerprint density at radius 2 is 1.75 bits per heavy atom. The Morgan fingerprint density at radius 1 is 1.11 bits per heavy atom. The number of aliphatic imine (C=N–C) groups is 1.